The predicted molar refractivity (Wildman–Crippen MR) is 107 cm³/mol. The van der Waals surface area contributed by atoms with Gasteiger partial charge in [0.1, 0.15) is 29.0 Å². The maximum atomic E-state index is 13.7. The van der Waals surface area contributed by atoms with Crippen molar-refractivity contribution in [3.63, 3.8) is 0 Å². The van der Waals surface area contributed by atoms with Crippen LogP contribution >= 0.6 is 0 Å². The third-order valence-corrected chi connectivity index (χ3v) is 5.20. The van der Waals surface area contributed by atoms with Gasteiger partial charge in [0.05, 0.1) is 18.4 Å². The fraction of sp³-hybridized carbons (Fsp3) is 0.381. The molecule has 2 atom stereocenters. The topological polar surface area (TPSA) is 98.0 Å². The second-order valence-electron chi connectivity index (χ2n) is 7.90. The van der Waals surface area contributed by atoms with Crippen molar-refractivity contribution in [2.24, 2.45) is 0 Å². The van der Waals surface area contributed by atoms with Gasteiger partial charge in [0.15, 0.2) is 12.4 Å². The lowest BCUT2D eigenvalue weighted by molar-refractivity contribution is -0.153. The summed E-state index contributed by atoms with van der Waals surface area (Å²) in [5, 5.41) is 12.2. The van der Waals surface area contributed by atoms with E-state index >= 15 is 0 Å². The predicted octanol–water partition coefficient (Wildman–Crippen LogP) is 3.88. The molecular weight excluding hydrogens is 486 g/mol. The Kier molecular flexibility index (Phi) is 6.49. The van der Waals surface area contributed by atoms with Gasteiger partial charge in [0, 0.05) is 18.7 Å². The smallest absolute Gasteiger partial charge is 0.422 e. The summed E-state index contributed by atoms with van der Waals surface area (Å²) >= 11 is 0. The Morgan fingerprint density at radius 3 is 2.80 bits per heavy atom. The zero-order chi connectivity index (χ0) is 25.4. The van der Waals surface area contributed by atoms with Crippen molar-refractivity contribution in [1.29, 1.82) is 0 Å². The third-order valence-electron chi connectivity index (χ3n) is 5.20. The molecule has 0 spiro atoms. The first-order valence-electron chi connectivity index (χ1n) is 10.3. The molecule has 3 aromatic rings. The van der Waals surface area contributed by atoms with Gasteiger partial charge < -0.3 is 24.3 Å². The van der Waals surface area contributed by atoms with Crippen molar-refractivity contribution in [2.45, 2.75) is 43.5 Å². The minimum absolute atomic E-state index is 0.0418. The molecule has 0 radical (unpaired) electrons. The van der Waals surface area contributed by atoms with Crippen LogP contribution < -0.4 is 14.8 Å². The normalized spacial score (nSPS) is 20.0. The zero-order valence-corrected chi connectivity index (χ0v) is 17.7. The standard InChI is InChI=1S/C21H18F6N4O4/c22-11-6-15(34-10-21(25,26)27)19(28-7-11)35-12-3-4-16-29-14(9-31(16)8-12)18(33)30-13-2-1-5-20(23,24)17(13)32/h3-4,6-9,13,17,32H,1-2,5,10H2,(H,30,33)/t13-,17+/m0/s1. The number of aromatic nitrogens is 3. The minimum atomic E-state index is -4.67. The molecule has 3 aromatic heterocycles. The summed E-state index contributed by atoms with van der Waals surface area (Å²) in [6, 6.07) is 2.33. The highest BCUT2D eigenvalue weighted by atomic mass is 19.4. The summed E-state index contributed by atoms with van der Waals surface area (Å²) < 4.78 is 89.7. The van der Waals surface area contributed by atoms with Gasteiger partial charge in [-0.15, -0.1) is 0 Å². The van der Waals surface area contributed by atoms with Crippen LogP contribution in [0.15, 0.2) is 36.8 Å². The van der Waals surface area contributed by atoms with Gasteiger partial charge in [0.25, 0.3) is 17.7 Å². The molecule has 14 heteroatoms. The molecule has 0 aromatic carbocycles. The fourth-order valence-corrected chi connectivity index (χ4v) is 3.55. The lowest BCUT2D eigenvalue weighted by Gasteiger charge is -2.34. The summed E-state index contributed by atoms with van der Waals surface area (Å²) in [5.74, 6) is -5.98. The average Bonchev–Trinajstić information content (AvgIpc) is 3.20. The monoisotopic (exact) mass is 504 g/mol. The molecule has 0 aliphatic heterocycles. The van der Waals surface area contributed by atoms with Crippen LogP contribution in [0, 0.1) is 5.82 Å². The number of rotatable bonds is 6. The zero-order valence-electron chi connectivity index (χ0n) is 17.7. The number of halogens is 6. The number of nitrogens with one attached hydrogen (secondary N) is 1. The molecular formula is C21H18F6N4O4. The van der Waals surface area contributed by atoms with E-state index in [1.54, 1.807) is 0 Å². The third kappa shape index (κ3) is 5.75. The van der Waals surface area contributed by atoms with Gasteiger partial charge in [-0.3, -0.25) is 4.79 Å². The minimum Gasteiger partial charge on any atom is -0.478 e. The second kappa shape index (κ2) is 9.24. The average molecular weight is 504 g/mol. The molecule has 0 bridgehead atoms. The van der Waals surface area contributed by atoms with Crippen LogP contribution in [0.4, 0.5) is 26.3 Å². The van der Waals surface area contributed by atoms with Crippen molar-refractivity contribution in [3.05, 3.63) is 48.3 Å². The first-order chi connectivity index (χ1) is 16.4. The Morgan fingerprint density at radius 1 is 1.29 bits per heavy atom. The van der Waals surface area contributed by atoms with Crippen LogP contribution in [0.5, 0.6) is 17.4 Å². The Bertz CT molecular complexity index is 1230. The number of hydrogen-bond donors (Lipinski definition) is 2. The quantitative estimate of drug-likeness (QED) is 0.495. The number of imidazole rings is 1. The number of pyridine rings is 2. The number of nitrogens with zero attached hydrogens (tertiary/aromatic N) is 3. The van der Waals surface area contributed by atoms with Gasteiger partial charge in [-0.2, -0.15) is 13.2 Å². The van der Waals surface area contributed by atoms with E-state index in [1.165, 1.54) is 28.9 Å². The molecule has 1 saturated carbocycles. The largest absolute Gasteiger partial charge is 0.478 e. The van der Waals surface area contributed by atoms with Gasteiger partial charge in [-0.25, -0.2) is 23.1 Å². The van der Waals surface area contributed by atoms with Crippen LogP contribution in [-0.2, 0) is 0 Å². The molecule has 3 heterocycles. The van der Waals surface area contributed by atoms with Crippen molar-refractivity contribution >= 4 is 11.6 Å². The van der Waals surface area contributed by atoms with Gasteiger partial charge >= 0.3 is 6.18 Å². The van der Waals surface area contributed by atoms with E-state index in [0.29, 0.717) is 6.07 Å². The van der Waals surface area contributed by atoms with Crippen molar-refractivity contribution in [2.75, 3.05) is 6.61 Å². The molecule has 4 rings (SSSR count). The molecule has 8 nitrogen and oxygen atoms in total. The molecule has 1 amide bonds. The molecule has 188 valence electrons. The highest BCUT2D eigenvalue weighted by molar-refractivity contribution is 5.93. The van der Waals surface area contributed by atoms with E-state index in [9.17, 15) is 36.2 Å². The maximum absolute atomic E-state index is 13.7. The summed E-state index contributed by atoms with van der Waals surface area (Å²) in [7, 11) is 0. The Labute approximate surface area is 193 Å². The van der Waals surface area contributed by atoms with Crippen molar-refractivity contribution in [3.8, 4) is 17.4 Å². The maximum Gasteiger partial charge on any atom is 0.422 e. The van der Waals surface area contributed by atoms with E-state index in [2.05, 4.69) is 20.0 Å². The van der Waals surface area contributed by atoms with Gasteiger partial charge in [0.2, 0.25) is 0 Å². The highest BCUT2D eigenvalue weighted by Crippen LogP contribution is 2.34. The van der Waals surface area contributed by atoms with Crippen LogP contribution in [0.25, 0.3) is 5.65 Å². The lowest BCUT2D eigenvalue weighted by atomic mass is 9.89. The lowest BCUT2D eigenvalue weighted by Crippen LogP contribution is -2.54. The van der Waals surface area contributed by atoms with Crippen molar-refractivity contribution < 1.29 is 45.7 Å². The summed E-state index contributed by atoms with van der Waals surface area (Å²) in [5.41, 5.74) is 0.134. The number of hydrogen-bond acceptors (Lipinski definition) is 6. The Morgan fingerprint density at radius 2 is 2.06 bits per heavy atom. The summed E-state index contributed by atoms with van der Waals surface area (Å²) in [6.07, 6.45) is -3.52. The Balaban J connectivity index is 1.50. The first-order valence-corrected chi connectivity index (χ1v) is 10.3. The number of aliphatic hydroxyl groups is 1. The van der Waals surface area contributed by atoms with E-state index in [4.69, 9.17) is 4.74 Å². The summed E-state index contributed by atoms with van der Waals surface area (Å²) in [6.45, 7) is -1.69. The number of alkyl halides is 5. The van der Waals surface area contributed by atoms with E-state index in [0.717, 1.165) is 6.20 Å². The van der Waals surface area contributed by atoms with E-state index < -0.39 is 60.6 Å². The number of ether oxygens (including phenoxy) is 2. The SMILES string of the molecule is O=C(N[C@H]1CCCC(F)(F)[C@@H]1O)c1cn2cc(Oc3ncc(F)cc3OCC(F)(F)F)ccc2n1. The molecule has 1 aliphatic carbocycles. The van der Waals surface area contributed by atoms with Crippen molar-refractivity contribution in [1.82, 2.24) is 19.7 Å². The number of amides is 1. The molecule has 1 fully saturated rings. The molecule has 0 unspecified atom stereocenters. The number of fused-ring (bicyclic) bond motifs is 1. The molecule has 2 N–H and O–H groups in total. The van der Waals surface area contributed by atoms with Gasteiger partial charge in [-0.05, 0) is 25.0 Å². The number of carbonyl (C=O) groups is 1. The molecule has 35 heavy (non-hydrogen) atoms. The number of aliphatic hydroxyl groups excluding tert-OH is 1. The fourth-order valence-electron chi connectivity index (χ4n) is 3.55. The van der Waals surface area contributed by atoms with Crippen LogP contribution in [0.2, 0.25) is 0 Å². The van der Waals surface area contributed by atoms with E-state index in [1.807, 2.05) is 0 Å². The summed E-state index contributed by atoms with van der Waals surface area (Å²) in [4.78, 5) is 20.2. The highest BCUT2D eigenvalue weighted by Gasteiger charge is 2.46. The number of carbonyl (C=O) groups excluding carboxylic acids is 1. The second-order valence-corrected chi connectivity index (χ2v) is 7.90. The van der Waals surface area contributed by atoms with E-state index in [-0.39, 0.29) is 29.9 Å². The molecule has 1 aliphatic rings. The van der Waals surface area contributed by atoms with Gasteiger partial charge in [-0.1, -0.05) is 0 Å². The van der Waals surface area contributed by atoms with Crippen LogP contribution in [0.1, 0.15) is 29.8 Å². The first kappa shape index (κ1) is 24.6. The Hall–Kier alpha value is -3.55. The van der Waals surface area contributed by atoms with Crippen LogP contribution in [0.3, 0.4) is 0 Å². The molecule has 0 saturated heterocycles. The van der Waals surface area contributed by atoms with Crippen LogP contribution in [-0.4, -0.2) is 56.2 Å².